The summed E-state index contributed by atoms with van der Waals surface area (Å²) < 4.78 is 19.9. The number of nitrogens with one attached hydrogen (secondary N) is 1. The quantitative estimate of drug-likeness (QED) is 0.482. The minimum Gasteiger partial charge on any atom is -0.376 e. The van der Waals surface area contributed by atoms with Gasteiger partial charge in [0, 0.05) is 55.6 Å². The summed E-state index contributed by atoms with van der Waals surface area (Å²) >= 11 is 6.69. The second-order valence-corrected chi connectivity index (χ2v) is 11.3. The van der Waals surface area contributed by atoms with Gasteiger partial charge >= 0.3 is 0 Å². The number of fused-ring (bicyclic) bond motifs is 1. The maximum absolute atomic E-state index is 14.5. The lowest BCUT2D eigenvalue weighted by atomic mass is 9.96. The first-order valence-corrected chi connectivity index (χ1v) is 13.8. The highest BCUT2D eigenvalue weighted by molar-refractivity contribution is 6.34. The first-order valence-electron chi connectivity index (χ1n) is 13.4. The number of carbonyl (C=O) groups is 1. The molecule has 1 saturated carbocycles. The zero-order valence-corrected chi connectivity index (χ0v) is 22.5. The molecule has 2 aromatic heterocycles. The second kappa shape index (κ2) is 10.1. The first kappa shape index (κ1) is 25.5. The number of nitrogens with zero attached hydrogens (tertiary/aromatic N) is 4. The van der Waals surface area contributed by atoms with Crippen LogP contribution in [0.2, 0.25) is 5.02 Å². The normalized spacial score (nSPS) is 29.5. The fourth-order valence-corrected chi connectivity index (χ4v) is 6.57. The van der Waals surface area contributed by atoms with Crippen molar-refractivity contribution in [3.05, 3.63) is 59.5 Å². The number of piperazine rings is 1. The third-order valence-electron chi connectivity index (χ3n) is 8.69. The van der Waals surface area contributed by atoms with Gasteiger partial charge in [-0.15, -0.1) is 0 Å². The van der Waals surface area contributed by atoms with E-state index in [1.54, 1.807) is 12.4 Å². The monoisotopic (exact) mass is 537 g/mol. The van der Waals surface area contributed by atoms with Crippen molar-refractivity contribution in [1.29, 1.82) is 0 Å². The Morgan fingerprint density at radius 2 is 2.00 bits per heavy atom. The highest BCUT2D eigenvalue weighted by Gasteiger charge is 2.55. The third-order valence-corrected chi connectivity index (χ3v) is 8.99. The number of halogens is 2. The summed E-state index contributed by atoms with van der Waals surface area (Å²) in [6.45, 7) is 7.64. The summed E-state index contributed by atoms with van der Waals surface area (Å²) in [6.07, 6.45) is 3.49. The molecule has 38 heavy (non-hydrogen) atoms. The Kier molecular flexibility index (Phi) is 6.74. The van der Waals surface area contributed by atoms with Crippen molar-refractivity contribution < 1.29 is 13.9 Å². The van der Waals surface area contributed by atoms with Crippen molar-refractivity contribution in [1.82, 2.24) is 14.9 Å². The van der Waals surface area contributed by atoms with E-state index >= 15 is 0 Å². The number of ether oxygens (including phenoxy) is 1. The average Bonchev–Trinajstić information content (AvgIpc) is 3.58. The zero-order chi connectivity index (χ0) is 26.4. The molecule has 7 nitrogen and oxygen atoms in total. The molecule has 1 aromatic carbocycles. The summed E-state index contributed by atoms with van der Waals surface area (Å²) in [5.74, 6) is 0.864. The lowest BCUT2D eigenvalue weighted by Crippen LogP contribution is -2.59. The number of rotatable bonds is 6. The molecule has 200 valence electrons. The highest BCUT2D eigenvalue weighted by atomic mass is 35.5. The molecule has 1 aliphatic carbocycles. The van der Waals surface area contributed by atoms with Crippen LogP contribution in [0.15, 0.2) is 48.8 Å². The number of anilines is 2. The molecule has 1 amide bonds. The molecule has 3 aromatic rings. The van der Waals surface area contributed by atoms with Crippen LogP contribution in [-0.4, -0.2) is 71.9 Å². The Labute approximate surface area is 227 Å². The zero-order valence-electron chi connectivity index (χ0n) is 21.7. The summed E-state index contributed by atoms with van der Waals surface area (Å²) in [7, 11) is 0. The van der Waals surface area contributed by atoms with Gasteiger partial charge in [-0.2, -0.15) is 0 Å². The van der Waals surface area contributed by atoms with Gasteiger partial charge in [0.2, 0.25) is 5.91 Å². The maximum atomic E-state index is 14.5. The molecule has 5 unspecified atom stereocenters. The standard InChI is InChI=1S/C29H33ClFN5O2/c1-3-20-26(22-6-4-5-7-32-22)27(20)28(37)34-25-14-18-13-23(21(30)12-19(18)15-33-25)35-8-10-36(11-9-35)29(2)17-38-16-24(29)31/h4-7,12-15,20,24,26-27H,3,8-11,16-17H2,1-2H3,(H,33,34,37). The Bertz CT molecular complexity index is 1340. The Morgan fingerprint density at radius 1 is 1.18 bits per heavy atom. The van der Waals surface area contributed by atoms with Crippen LogP contribution in [0.4, 0.5) is 15.9 Å². The van der Waals surface area contributed by atoms with E-state index in [4.69, 9.17) is 16.3 Å². The lowest BCUT2D eigenvalue weighted by Gasteiger charge is -2.44. The van der Waals surface area contributed by atoms with Gasteiger partial charge in [-0.1, -0.05) is 31.0 Å². The highest BCUT2D eigenvalue weighted by Crippen LogP contribution is 2.55. The van der Waals surface area contributed by atoms with Crippen LogP contribution in [0.5, 0.6) is 0 Å². The van der Waals surface area contributed by atoms with Crippen LogP contribution < -0.4 is 10.2 Å². The van der Waals surface area contributed by atoms with Crippen LogP contribution in [-0.2, 0) is 9.53 Å². The largest absolute Gasteiger partial charge is 0.376 e. The molecule has 3 aliphatic rings. The molecule has 0 spiro atoms. The van der Waals surface area contributed by atoms with E-state index in [-0.39, 0.29) is 24.3 Å². The Morgan fingerprint density at radius 3 is 2.68 bits per heavy atom. The van der Waals surface area contributed by atoms with Crippen LogP contribution >= 0.6 is 11.6 Å². The molecule has 4 heterocycles. The molecule has 5 atom stereocenters. The number of hydrogen-bond acceptors (Lipinski definition) is 6. The van der Waals surface area contributed by atoms with E-state index in [1.165, 1.54) is 0 Å². The van der Waals surface area contributed by atoms with Crippen LogP contribution in [0.25, 0.3) is 10.8 Å². The minimum absolute atomic E-state index is 0.0137. The van der Waals surface area contributed by atoms with Crippen molar-refractivity contribution in [3.8, 4) is 0 Å². The van der Waals surface area contributed by atoms with Crippen LogP contribution in [0, 0.1) is 11.8 Å². The van der Waals surface area contributed by atoms with E-state index in [0.29, 0.717) is 23.4 Å². The Balaban J connectivity index is 1.16. The van der Waals surface area contributed by atoms with E-state index in [0.717, 1.165) is 54.8 Å². The number of carbonyl (C=O) groups excluding carboxylic acids is 1. The molecular weight excluding hydrogens is 505 g/mol. The summed E-state index contributed by atoms with van der Waals surface area (Å²) in [5.41, 5.74) is 1.35. The Hall–Kier alpha value is -2.81. The van der Waals surface area contributed by atoms with Crippen LogP contribution in [0.1, 0.15) is 31.9 Å². The molecule has 9 heteroatoms. The number of hydrogen-bond donors (Lipinski definition) is 1. The van der Waals surface area contributed by atoms with Crippen molar-refractivity contribution >= 4 is 39.8 Å². The van der Waals surface area contributed by atoms with Gasteiger partial charge < -0.3 is 15.0 Å². The van der Waals surface area contributed by atoms with Crippen LogP contribution in [0.3, 0.4) is 0 Å². The molecule has 1 N–H and O–H groups in total. The molecular formula is C29H33ClFN5O2. The molecule has 0 bridgehead atoms. The second-order valence-electron chi connectivity index (χ2n) is 10.9. The van der Waals surface area contributed by atoms with E-state index in [9.17, 15) is 9.18 Å². The summed E-state index contributed by atoms with van der Waals surface area (Å²) in [6, 6.07) is 11.8. The number of benzene rings is 1. The van der Waals surface area contributed by atoms with Gasteiger partial charge in [0.05, 0.1) is 35.4 Å². The van der Waals surface area contributed by atoms with Gasteiger partial charge in [-0.05, 0) is 48.6 Å². The average molecular weight is 538 g/mol. The van der Waals surface area contributed by atoms with Gasteiger partial charge in [-0.25, -0.2) is 9.37 Å². The first-order chi connectivity index (χ1) is 18.4. The number of aromatic nitrogens is 2. The predicted octanol–water partition coefficient (Wildman–Crippen LogP) is 4.91. The fraction of sp³-hybridized carbons (Fsp3) is 0.483. The third kappa shape index (κ3) is 4.52. The molecule has 3 fully saturated rings. The lowest BCUT2D eigenvalue weighted by molar-refractivity contribution is -0.117. The van der Waals surface area contributed by atoms with Gasteiger partial charge in [0.1, 0.15) is 12.0 Å². The number of alkyl halides is 1. The molecule has 2 aliphatic heterocycles. The van der Waals surface area contributed by atoms with Crippen molar-refractivity contribution in [3.63, 3.8) is 0 Å². The molecule has 2 saturated heterocycles. The van der Waals surface area contributed by atoms with Crippen molar-refractivity contribution in [2.45, 2.75) is 37.9 Å². The van der Waals surface area contributed by atoms with E-state index in [2.05, 4.69) is 38.1 Å². The van der Waals surface area contributed by atoms with Gasteiger partial charge in [-0.3, -0.25) is 14.7 Å². The maximum Gasteiger partial charge on any atom is 0.229 e. The smallest absolute Gasteiger partial charge is 0.229 e. The summed E-state index contributed by atoms with van der Waals surface area (Å²) in [4.78, 5) is 26.6. The van der Waals surface area contributed by atoms with E-state index in [1.807, 2.05) is 37.3 Å². The topological polar surface area (TPSA) is 70.6 Å². The summed E-state index contributed by atoms with van der Waals surface area (Å²) in [5, 5.41) is 5.57. The SMILES string of the molecule is CCC1C(C(=O)Nc2cc3cc(N4CCN(C5(C)COCC5F)CC4)c(Cl)cc3cn2)C1c1ccccn1. The predicted molar refractivity (Wildman–Crippen MR) is 148 cm³/mol. The van der Waals surface area contributed by atoms with Crippen molar-refractivity contribution in [2.75, 3.05) is 49.6 Å². The van der Waals surface area contributed by atoms with Gasteiger partial charge in [0.25, 0.3) is 0 Å². The fourth-order valence-electron chi connectivity index (χ4n) is 6.28. The van der Waals surface area contributed by atoms with Gasteiger partial charge in [0.15, 0.2) is 0 Å². The molecule has 6 rings (SSSR count). The molecule has 0 radical (unpaired) electrons. The number of pyridine rings is 2. The minimum atomic E-state index is -0.970. The van der Waals surface area contributed by atoms with Crippen molar-refractivity contribution in [2.24, 2.45) is 11.8 Å². The van der Waals surface area contributed by atoms with E-state index < -0.39 is 11.7 Å². The number of amides is 1.